The average Bonchev–Trinajstić information content (AvgIpc) is 2.88. The summed E-state index contributed by atoms with van der Waals surface area (Å²) in [6.07, 6.45) is 1.34. The van der Waals surface area contributed by atoms with E-state index in [1.165, 1.54) is 37.5 Å². The summed E-state index contributed by atoms with van der Waals surface area (Å²) in [4.78, 5) is 51.2. The van der Waals surface area contributed by atoms with E-state index < -0.39 is 17.8 Å². The van der Waals surface area contributed by atoms with E-state index in [-0.39, 0.29) is 29.5 Å². The molecule has 1 aliphatic rings. The van der Waals surface area contributed by atoms with Crippen molar-refractivity contribution in [2.45, 2.75) is 13.8 Å². The van der Waals surface area contributed by atoms with Gasteiger partial charge in [0.2, 0.25) is 0 Å². The number of halogens is 1. The zero-order valence-corrected chi connectivity index (χ0v) is 21.6. The molecule has 194 valence electrons. The predicted molar refractivity (Wildman–Crippen MR) is 143 cm³/mol. The van der Waals surface area contributed by atoms with Crippen molar-refractivity contribution in [2.24, 2.45) is 0 Å². The molecule has 0 saturated carbocycles. The summed E-state index contributed by atoms with van der Waals surface area (Å²) >= 11 is 5.90. The molecule has 0 atom stereocenters. The van der Waals surface area contributed by atoms with Crippen molar-refractivity contribution >= 4 is 52.8 Å². The van der Waals surface area contributed by atoms with E-state index in [2.05, 4.69) is 10.6 Å². The maximum Gasteiger partial charge on any atom is 0.335 e. The van der Waals surface area contributed by atoms with E-state index >= 15 is 0 Å². The molecular formula is C28H24ClN3O6. The molecule has 38 heavy (non-hydrogen) atoms. The Morgan fingerprint density at radius 3 is 2.42 bits per heavy atom. The van der Waals surface area contributed by atoms with Crippen LogP contribution in [-0.2, 0) is 14.4 Å². The van der Waals surface area contributed by atoms with Crippen molar-refractivity contribution in [3.63, 3.8) is 0 Å². The number of carbonyl (C=O) groups excluding carboxylic acids is 4. The molecule has 1 heterocycles. The van der Waals surface area contributed by atoms with Gasteiger partial charge in [0.15, 0.2) is 18.1 Å². The third-order valence-electron chi connectivity index (χ3n) is 5.70. The van der Waals surface area contributed by atoms with Gasteiger partial charge in [0, 0.05) is 10.7 Å². The Bertz CT molecular complexity index is 1470. The van der Waals surface area contributed by atoms with Gasteiger partial charge >= 0.3 is 6.03 Å². The molecule has 5 amide bonds. The lowest BCUT2D eigenvalue weighted by Crippen LogP contribution is -2.54. The summed E-state index contributed by atoms with van der Waals surface area (Å²) in [5, 5.41) is 5.41. The van der Waals surface area contributed by atoms with E-state index in [4.69, 9.17) is 21.1 Å². The molecule has 0 bridgehead atoms. The molecule has 0 aliphatic carbocycles. The number of methoxy groups -OCH3 is 1. The number of urea groups is 1. The summed E-state index contributed by atoms with van der Waals surface area (Å²) in [6, 6.07) is 15.6. The van der Waals surface area contributed by atoms with Crippen LogP contribution < -0.4 is 25.0 Å². The Kier molecular flexibility index (Phi) is 7.78. The number of barbiturate groups is 1. The highest BCUT2D eigenvalue weighted by Gasteiger charge is 2.36. The number of amides is 5. The number of carbonyl (C=O) groups is 4. The molecule has 4 rings (SSSR count). The van der Waals surface area contributed by atoms with Crippen LogP contribution in [0.1, 0.15) is 16.7 Å². The van der Waals surface area contributed by atoms with Crippen LogP contribution in [-0.4, -0.2) is 37.5 Å². The predicted octanol–water partition coefficient (Wildman–Crippen LogP) is 4.65. The van der Waals surface area contributed by atoms with Gasteiger partial charge in [-0.05, 0) is 73.5 Å². The summed E-state index contributed by atoms with van der Waals surface area (Å²) in [7, 11) is 1.42. The molecule has 1 aliphatic heterocycles. The summed E-state index contributed by atoms with van der Waals surface area (Å²) < 4.78 is 11.0. The molecule has 0 spiro atoms. The zero-order chi connectivity index (χ0) is 27.4. The Balaban J connectivity index is 1.50. The number of anilines is 2. The van der Waals surface area contributed by atoms with Gasteiger partial charge in [-0.25, -0.2) is 9.69 Å². The fourth-order valence-electron chi connectivity index (χ4n) is 3.83. The Hall–Kier alpha value is -4.63. The van der Waals surface area contributed by atoms with Crippen LogP contribution in [0.4, 0.5) is 16.2 Å². The topological polar surface area (TPSA) is 114 Å². The largest absolute Gasteiger partial charge is 0.493 e. The summed E-state index contributed by atoms with van der Waals surface area (Å²) in [6.45, 7) is 3.62. The van der Waals surface area contributed by atoms with Crippen molar-refractivity contribution in [1.82, 2.24) is 5.32 Å². The second-order valence-electron chi connectivity index (χ2n) is 8.50. The average molecular weight is 534 g/mol. The van der Waals surface area contributed by atoms with E-state index in [1.807, 2.05) is 32.0 Å². The van der Waals surface area contributed by atoms with Gasteiger partial charge in [-0.15, -0.1) is 0 Å². The lowest BCUT2D eigenvalue weighted by molar-refractivity contribution is -0.122. The lowest BCUT2D eigenvalue weighted by Gasteiger charge is -2.26. The molecule has 1 saturated heterocycles. The first-order valence-corrected chi connectivity index (χ1v) is 11.9. The zero-order valence-electron chi connectivity index (χ0n) is 20.8. The highest BCUT2D eigenvalue weighted by atomic mass is 35.5. The molecule has 0 unspecified atom stereocenters. The molecule has 3 aromatic rings. The van der Waals surface area contributed by atoms with Crippen LogP contribution in [0.2, 0.25) is 5.02 Å². The molecule has 0 radical (unpaired) electrons. The van der Waals surface area contributed by atoms with Crippen LogP contribution in [0.5, 0.6) is 11.5 Å². The second-order valence-corrected chi connectivity index (χ2v) is 8.94. The maximum atomic E-state index is 13.1. The van der Waals surface area contributed by atoms with Crippen LogP contribution in [0.25, 0.3) is 6.08 Å². The van der Waals surface area contributed by atoms with Crippen LogP contribution >= 0.6 is 11.6 Å². The maximum absolute atomic E-state index is 13.1. The first-order valence-electron chi connectivity index (χ1n) is 11.5. The number of rotatable bonds is 7. The van der Waals surface area contributed by atoms with Crippen molar-refractivity contribution in [3.8, 4) is 11.5 Å². The van der Waals surface area contributed by atoms with E-state index in [0.29, 0.717) is 22.0 Å². The minimum absolute atomic E-state index is 0.247. The first kappa shape index (κ1) is 26.4. The van der Waals surface area contributed by atoms with E-state index in [0.717, 1.165) is 16.0 Å². The number of ether oxygens (including phenoxy) is 2. The minimum Gasteiger partial charge on any atom is -0.493 e. The van der Waals surface area contributed by atoms with Crippen LogP contribution in [0.3, 0.4) is 0 Å². The summed E-state index contributed by atoms with van der Waals surface area (Å²) in [5.41, 5.74) is 3.18. The number of benzene rings is 3. The van der Waals surface area contributed by atoms with Crippen molar-refractivity contribution in [1.29, 1.82) is 0 Å². The molecule has 0 aromatic heterocycles. The van der Waals surface area contributed by atoms with Gasteiger partial charge in [-0.1, -0.05) is 35.4 Å². The van der Waals surface area contributed by atoms with Crippen LogP contribution in [0.15, 0.2) is 66.2 Å². The Morgan fingerprint density at radius 2 is 1.74 bits per heavy atom. The van der Waals surface area contributed by atoms with E-state index in [9.17, 15) is 19.2 Å². The third kappa shape index (κ3) is 5.84. The smallest absolute Gasteiger partial charge is 0.335 e. The number of hydrogen-bond donors (Lipinski definition) is 2. The van der Waals surface area contributed by atoms with Gasteiger partial charge in [0.1, 0.15) is 5.57 Å². The van der Waals surface area contributed by atoms with Crippen LogP contribution in [0, 0.1) is 13.8 Å². The fraction of sp³-hybridized carbons (Fsp3) is 0.143. The van der Waals surface area contributed by atoms with Gasteiger partial charge in [-0.3, -0.25) is 19.7 Å². The van der Waals surface area contributed by atoms with Crippen molar-refractivity contribution in [2.75, 3.05) is 23.9 Å². The number of nitrogens with zero attached hydrogens (tertiary/aromatic N) is 1. The number of imide groups is 2. The third-order valence-corrected chi connectivity index (χ3v) is 5.95. The normalized spacial score (nSPS) is 14.4. The monoisotopic (exact) mass is 533 g/mol. The molecule has 10 heteroatoms. The number of hydrogen-bond acceptors (Lipinski definition) is 6. The highest BCUT2D eigenvalue weighted by molar-refractivity contribution is 6.39. The first-order chi connectivity index (χ1) is 18.2. The number of aryl methyl sites for hydroxylation is 2. The number of nitrogens with one attached hydrogen (secondary N) is 2. The SMILES string of the molecule is COc1cc(/C=C2/C(=O)NC(=O)N(c3ccc(Cl)cc3)C2=O)ccc1OCC(=O)Nc1ccc(C)cc1C. The van der Waals surface area contributed by atoms with Crippen molar-refractivity contribution in [3.05, 3.63) is 87.9 Å². The standard InChI is InChI=1S/C28H24ClN3O6/c1-16-4-10-22(17(2)12-16)30-25(33)15-38-23-11-5-18(14-24(23)37-3)13-21-26(34)31-28(36)32(27(21)35)20-8-6-19(29)7-9-20/h4-14H,15H2,1-3H3,(H,30,33)(H,31,34,36)/b21-13-. The lowest BCUT2D eigenvalue weighted by atomic mass is 10.1. The highest BCUT2D eigenvalue weighted by Crippen LogP contribution is 2.30. The quantitative estimate of drug-likeness (QED) is 0.337. The molecule has 1 fully saturated rings. The molecule has 2 N–H and O–H groups in total. The molecular weight excluding hydrogens is 510 g/mol. The van der Waals surface area contributed by atoms with E-state index in [1.54, 1.807) is 18.2 Å². The minimum atomic E-state index is -0.861. The Morgan fingerprint density at radius 1 is 1.00 bits per heavy atom. The summed E-state index contributed by atoms with van der Waals surface area (Å²) in [5.74, 6) is -1.38. The second kappa shape index (κ2) is 11.2. The van der Waals surface area contributed by atoms with Gasteiger partial charge in [0.25, 0.3) is 17.7 Å². The molecule has 9 nitrogen and oxygen atoms in total. The molecule has 3 aromatic carbocycles. The fourth-order valence-corrected chi connectivity index (χ4v) is 3.95. The van der Waals surface area contributed by atoms with Crippen molar-refractivity contribution < 1.29 is 28.7 Å². The van der Waals surface area contributed by atoms with Gasteiger partial charge in [0.05, 0.1) is 12.8 Å². The van der Waals surface area contributed by atoms with Gasteiger partial charge < -0.3 is 14.8 Å². The Labute approximate surface area is 224 Å². The van der Waals surface area contributed by atoms with Gasteiger partial charge in [-0.2, -0.15) is 0 Å².